The first kappa shape index (κ1) is 13.4. The predicted octanol–water partition coefficient (Wildman–Crippen LogP) is 3.99. The number of aromatic carboxylic acids is 1. The molecule has 4 nitrogen and oxygen atoms in total. The van der Waals surface area contributed by atoms with Gasteiger partial charge in [0, 0.05) is 16.6 Å². The largest absolute Gasteiger partial charge is 0.478 e. The van der Waals surface area contributed by atoms with Crippen LogP contribution in [0.25, 0.3) is 5.69 Å². The summed E-state index contributed by atoms with van der Waals surface area (Å²) >= 11 is 3.48. The molecule has 1 fully saturated rings. The molecule has 1 aromatic heterocycles. The van der Waals surface area contributed by atoms with Gasteiger partial charge < -0.3 is 5.11 Å². The molecule has 0 radical (unpaired) electrons. The van der Waals surface area contributed by atoms with Crippen LogP contribution >= 0.6 is 15.9 Å². The van der Waals surface area contributed by atoms with Gasteiger partial charge >= 0.3 is 5.97 Å². The number of benzene rings is 1. The summed E-state index contributed by atoms with van der Waals surface area (Å²) in [7, 11) is 0. The number of hydrogen-bond acceptors (Lipinski definition) is 2. The second kappa shape index (κ2) is 5.40. The molecule has 1 N–H and O–H groups in total. The van der Waals surface area contributed by atoms with E-state index in [1.807, 2.05) is 24.3 Å². The number of hydrogen-bond donors (Lipinski definition) is 1. The highest BCUT2D eigenvalue weighted by atomic mass is 79.9. The van der Waals surface area contributed by atoms with E-state index in [2.05, 4.69) is 21.0 Å². The second-order valence-electron chi connectivity index (χ2n) is 5.11. The summed E-state index contributed by atoms with van der Waals surface area (Å²) in [6, 6.07) is 7.68. The Balaban J connectivity index is 2.07. The Hall–Kier alpha value is -1.62. The monoisotopic (exact) mass is 334 g/mol. The van der Waals surface area contributed by atoms with Crippen molar-refractivity contribution in [3.05, 3.63) is 46.2 Å². The summed E-state index contributed by atoms with van der Waals surface area (Å²) in [5.41, 5.74) is 1.91. The number of rotatable bonds is 3. The third kappa shape index (κ3) is 2.38. The number of carbonyl (C=O) groups is 1. The maximum atomic E-state index is 11.4. The lowest BCUT2D eigenvalue weighted by Crippen LogP contribution is -2.03. The van der Waals surface area contributed by atoms with Crippen molar-refractivity contribution < 1.29 is 9.90 Å². The molecule has 1 aliphatic rings. The predicted molar refractivity (Wildman–Crippen MR) is 79.4 cm³/mol. The molecule has 20 heavy (non-hydrogen) atoms. The zero-order valence-corrected chi connectivity index (χ0v) is 12.5. The third-order valence-corrected chi connectivity index (χ3v) is 4.48. The molecule has 1 aromatic carbocycles. The highest BCUT2D eigenvalue weighted by molar-refractivity contribution is 9.10. The van der Waals surface area contributed by atoms with Crippen LogP contribution in [0.3, 0.4) is 0 Å². The van der Waals surface area contributed by atoms with Crippen molar-refractivity contribution in [3.63, 3.8) is 0 Å². The minimum atomic E-state index is -0.898. The smallest absolute Gasteiger partial charge is 0.339 e. The zero-order valence-electron chi connectivity index (χ0n) is 10.9. The van der Waals surface area contributed by atoms with Gasteiger partial charge in [-0.25, -0.2) is 9.48 Å². The van der Waals surface area contributed by atoms with Crippen LogP contribution in [-0.2, 0) is 0 Å². The van der Waals surface area contributed by atoms with Crippen LogP contribution in [0.4, 0.5) is 0 Å². The summed E-state index contributed by atoms with van der Waals surface area (Å²) in [5, 5.41) is 13.9. The van der Waals surface area contributed by atoms with E-state index in [0.29, 0.717) is 5.56 Å². The van der Waals surface area contributed by atoms with E-state index < -0.39 is 5.97 Å². The lowest BCUT2D eigenvalue weighted by atomic mass is 10.0. The Bertz CT molecular complexity index is 645. The van der Waals surface area contributed by atoms with E-state index >= 15 is 0 Å². The lowest BCUT2D eigenvalue weighted by Gasteiger charge is -2.06. The summed E-state index contributed by atoms with van der Waals surface area (Å²) in [6.45, 7) is 0. The number of halogens is 1. The number of carboxylic acids is 1. The van der Waals surface area contributed by atoms with Crippen LogP contribution in [0.5, 0.6) is 0 Å². The number of carboxylic acid groups (broad SMARTS) is 1. The van der Waals surface area contributed by atoms with Gasteiger partial charge in [0.05, 0.1) is 11.4 Å². The average molecular weight is 335 g/mol. The summed E-state index contributed by atoms with van der Waals surface area (Å²) in [4.78, 5) is 11.4. The van der Waals surface area contributed by atoms with Gasteiger partial charge in [-0.1, -0.05) is 25.0 Å². The minimum Gasteiger partial charge on any atom is -0.478 e. The Morgan fingerprint density at radius 1 is 1.30 bits per heavy atom. The molecule has 1 aliphatic carbocycles. The van der Waals surface area contributed by atoms with Gasteiger partial charge in [0.25, 0.3) is 0 Å². The molecule has 2 aromatic rings. The number of para-hydroxylation sites is 1. The van der Waals surface area contributed by atoms with Crippen LogP contribution in [0.1, 0.15) is 47.7 Å². The van der Waals surface area contributed by atoms with Crippen molar-refractivity contribution >= 4 is 21.9 Å². The normalized spacial score (nSPS) is 15.7. The molecule has 0 spiro atoms. The first-order valence-electron chi connectivity index (χ1n) is 6.74. The molecule has 0 amide bonds. The van der Waals surface area contributed by atoms with Crippen molar-refractivity contribution in [2.45, 2.75) is 31.6 Å². The van der Waals surface area contributed by atoms with E-state index in [-0.39, 0.29) is 5.92 Å². The molecule has 0 atom stereocenters. The van der Waals surface area contributed by atoms with Gasteiger partial charge in [-0.15, -0.1) is 0 Å². The maximum Gasteiger partial charge on any atom is 0.339 e. The van der Waals surface area contributed by atoms with Gasteiger partial charge in [-0.2, -0.15) is 5.10 Å². The molecule has 1 heterocycles. The number of aromatic nitrogens is 2. The first-order valence-corrected chi connectivity index (χ1v) is 7.54. The molecule has 0 saturated heterocycles. The minimum absolute atomic E-state index is 0.282. The van der Waals surface area contributed by atoms with Crippen molar-refractivity contribution in [2.75, 3.05) is 0 Å². The molecule has 1 saturated carbocycles. The molecular formula is C15H15BrN2O2. The van der Waals surface area contributed by atoms with Crippen LogP contribution in [0, 0.1) is 0 Å². The van der Waals surface area contributed by atoms with Gasteiger partial charge in [-0.3, -0.25) is 0 Å². The van der Waals surface area contributed by atoms with Gasteiger partial charge in [0.15, 0.2) is 0 Å². The fourth-order valence-electron chi connectivity index (χ4n) is 2.81. The molecule has 3 rings (SSSR count). The van der Waals surface area contributed by atoms with Gasteiger partial charge in [-0.05, 0) is 40.9 Å². The molecule has 104 valence electrons. The lowest BCUT2D eigenvalue weighted by molar-refractivity contribution is 0.0695. The van der Waals surface area contributed by atoms with Gasteiger partial charge in [0.1, 0.15) is 5.56 Å². The SMILES string of the molecule is O=C(O)c1cn(-c2ccccc2Br)nc1C1CCCC1. The molecule has 0 aliphatic heterocycles. The summed E-state index contributed by atoms with van der Waals surface area (Å²) in [5.74, 6) is -0.616. The summed E-state index contributed by atoms with van der Waals surface area (Å²) < 4.78 is 2.57. The third-order valence-electron chi connectivity index (χ3n) is 3.81. The van der Waals surface area contributed by atoms with Crippen LogP contribution in [-0.4, -0.2) is 20.9 Å². The van der Waals surface area contributed by atoms with Crippen molar-refractivity contribution in [2.24, 2.45) is 0 Å². The molecule has 5 heteroatoms. The van der Waals surface area contributed by atoms with Crippen LogP contribution in [0.2, 0.25) is 0 Å². The van der Waals surface area contributed by atoms with E-state index in [0.717, 1.165) is 41.5 Å². The highest BCUT2D eigenvalue weighted by Gasteiger charge is 2.26. The van der Waals surface area contributed by atoms with Gasteiger partial charge in [0.2, 0.25) is 0 Å². The molecule has 0 bridgehead atoms. The Labute approximate surface area is 125 Å². The Kier molecular flexibility index (Phi) is 3.61. The topological polar surface area (TPSA) is 55.1 Å². The van der Waals surface area contributed by atoms with E-state index in [1.165, 1.54) is 0 Å². The van der Waals surface area contributed by atoms with E-state index in [1.54, 1.807) is 10.9 Å². The van der Waals surface area contributed by atoms with E-state index in [4.69, 9.17) is 0 Å². The quantitative estimate of drug-likeness (QED) is 0.923. The van der Waals surface area contributed by atoms with Crippen LogP contribution < -0.4 is 0 Å². The molecular weight excluding hydrogens is 320 g/mol. The Morgan fingerprint density at radius 2 is 2.00 bits per heavy atom. The number of nitrogens with zero attached hydrogens (tertiary/aromatic N) is 2. The fraction of sp³-hybridized carbons (Fsp3) is 0.333. The average Bonchev–Trinajstić information content (AvgIpc) is 3.08. The Morgan fingerprint density at radius 3 is 2.65 bits per heavy atom. The van der Waals surface area contributed by atoms with Crippen molar-refractivity contribution in [1.82, 2.24) is 9.78 Å². The standard InChI is InChI=1S/C15H15BrN2O2/c16-12-7-3-4-8-13(12)18-9-11(15(19)20)14(17-18)10-5-1-2-6-10/h3-4,7-10H,1-2,5-6H2,(H,19,20). The van der Waals surface area contributed by atoms with Crippen LogP contribution in [0.15, 0.2) is 34.9 Å². The zero-order chi connectivity index (χ0) is 14.1. The maximum absolute atomic E-state index is 11.4. The molecule has 0 unspecified atom stereocenters. The highest BCUT2D eigenvalue weighted by Crippen LogP contribution is 2.35. The summed E-state index contributed by atoms with van der Waals surface area (Å²) in [6.07, 6.45) is 6.01. The first-order chi connectivity index (χ1) is 9.66. The van der Waals surface area contributed by atoms with Crippen molar-refractivity contribution in [1.29, 1.82) is 0 Å². The van der Waals surface area contributed by atoms with Crippen molar-refractivity contribution in [3.8, 4) is 5.69 Å². The second-order valence-corrected chi connectivity index (χ2v) is 5.96. The fourth-order valence-corrected chi connectivity index (χ4v) is 3.28. The van der Waals surface area contributed by atoms with E-state index in [9.17, 15) is 9.90 Å².